The molecule has 0 unspecified atom stereocenters. The third kappa shape index (κ3) is 3.57. The molecular weight excluding hydrogens is 298 g/mol. The molecule has 3 heterocycles. The number of amides is 2. The van der Waals surface area contributed by atoms with Crippen LogP contribution >= 0.6 is 0 Å². The zero-order valence-corrected chi connectivity index (χ0v) is 14.0. The number of aryl methyl sites for hydroxylation is 1. The lowest BCUT2D eigenvalue weighted by atomic mass is 9.91. The van der Waals surface area contributed by atoms with Gasteiger partial charge in [-0.3, -0.25) is 0 Å². The van der Waals surface area contributed by atoms with E-state index in [0.29, 0.717) is 38.1 Å². The van der Waals surface area contributed by atoms with E-state index in [1.165, 1.54) is 0 Å². The first-order valence-corrected chi connectivity index (χ1v) is 8.22. The van der Waals surface area contributed by atoms with E-state index in [1.54, 1.807) is 6.92 Å². The second-order valence-electron chi connectivity index (χ2n) is 6.69. The lowest BCUT2D eigenvalue weighted by Gasteiger charge is -2.47. The lowest BCUT2D eigenvalue weighted by Crippen LogP contribution is -2.62. The monoisotopic (exact) mass is 323 g/mol. The molecule has 2 fully saturated rings. The Morgan fingerprint density at radius 1 is 1.30 bits per heavy atom. The molecule has 0 bridgehead atoms. The molecule has 8 heteroatoms. The number of aromatic nitrogens is 2. The highest BCUT2D eigenvalue weighted by Crippen LogP contribution is 2.31. The predicted molar refractivity (Wildman–Crippen MR) is 84.4 cm³/mol. The molecular formula is C15H25N5O3. The van der Waals surface area contributed by atoms with Gasteiger partial charge in [0.1, 0.15) is 5.60 Å². The molecule has 128 valence electrons. The van der Waals surface area contributed by atoms with Crippen molar-refractivity contribution in [3.05, 3.63) is 5.89 Å². The summed E-state index contributed by atoms with van der Waals surface area (Å²) in [4.78, 5) is 16.2. The maximum atomic E-state index is 12.3. The first kappa shape index (κ1) is 16.0. The summed E-state index contributed by atoms with van der Waals surface area (Å²) in [7, 11) is 0. The number of hydrogen-bond acceptors (Lipinski definition) is 6. The summed E-state index contributed by atoms with van der Waals surface area (Å²) in [5.41, 5.74) is -0.354. The molecule has 0 aliphatic carbocycles. The van der Waals surface area contributed by atoms with Crippen molar-refractivity contribution in [3.63, 3.8) is 0 Å². The van der Waals surface area contributed by atoms with E-state index in [1.807, 2.05) is 18.7 Å². The van der Waals surface area contributed by atoms with E-state index in [2.05, 4.69) is 20.4 Å². The number of nitrogens with zero attached hydrogens (tertiary/aromatic N) is 4. The Hall–Kier alpha value is -1.83. The molecule has 2 aliphatic heterocycles. The van der Waals surface area contributed by atoms with Gasteiger partial charge in [0, 0.05) is 26.1 Å². The molecule has 1 aromatic rings. The van der Waals surface area contributed by atoms with Crippen LogP contribution in [0, 0.1) is 6.92 Å². The SMILES string of the molecule is Cc1nnc(N2CCC[C@@]3(CN(C(=O)NC(C)C)CCO3)C2)o1. The van der Waals surface area contributed by atoms with Crippen LogP contribution in [-0.4, -0.2) is 65.6 Å². The quantitative estimate of drug-likeness (QED) is 0.879. The van der Waals surface area contributed by atoms with E-state index < -0.39 is 0 Å². The minimum Gasteiger partial charge on any atom is -0.408 e. The lowest BCUT2D eigenvalue weighted by molar-refractivity contribution is -0.103. The maximum Gasteiger partial charge on any atom is 0.318 e. The van der Waals surface area contributed by atoms with Crippen LogP contribution in [0.1, 0.15) is 32.6 Å². The van der Waals surface area contributed by atoms with Crippen LogP contribution < -0.4 is 10.2 Å². The smallest absolute Gasteiger partial charge is 0.318 e. The Labute approximate surface area is 136 Å². The van der Waals surface area contributed by atoms with Crippen LogP contribution in [0.2, 0.25) is 0 Å². The van der Waals surface area contributed by atoms with Crippen molar-refractivity contribution in [1.29, 1.82) is 0 Å². The van der Waals surface area contributed by atoms with Crippen LogP contribution in [0.15, 0.2) is 4.42 Å². The average molecular weight is 323 g/mol. The van der Waals surface area contributed by atoms with Crippen molar-refractivity contribution < 1.29 is 13.9 Å². The van der Waals surface area contributed by atoms with Crippen molar-refractivity contribution in [3.8, 4) is 0 Å². The van der Waals surface area contributed by atoms with Gasteiger partial charge >= 0.3 is 12.0 Å². The molecule has 1 spiro atoms. The molecule has 1 N–H and O–H groups in total. The zero-order chi connectivity index (χ0) is 16.4. The van der Waals surface area contributed by atoms with Gasteiger partial charge in [-0.2, -0.15) is 0 Å². The minimum absolute atomic E-state index is 0.0200. The van der Waals surface area contributed by atoms with E-state index in [4.69, 9.17) is 9.15 Å². The second-order valence-corrected chi connectivity index (χ2v) is 6.69. The molecule has 2 amide bonds. The first-order valence-electron chi connectivity index (χ1n) is 8.22. The summed E-state index contributed by atoms with van der Waals surface area (Å²) in [5.74, 6) is 0.558. The summed E-state index contributed by atoms with van der Waals surface area (Å²) in [6.07, 6.45) is 1.91. The number of urea groups is 1. The van der Waals surface area contributed by atoms with Crippen LogP contribution in [0.5, 0.6) is 0 Å². The highest BCUT2D eigenvalue weighted by atomic mass is 16.5. The number of nitrogens with one attached hydrogen (secondary N) is 1. The minimum atomic E-state index is -0.354. The van der Waals surface area contributed by atoms with Gasteiger partial charge < -0.3 is 24.3 Å². The number of piperidine rings is 1. The summed E-state index contributed by atoms with van der Waals surface area (Å²) in [6.45, 7) is 9.02. The summed E-state index contributed by atoms with van der Waals surface area (Å²) < 4.78 is 11.6. The van der Waals surface area contributed by atoms with Gasteiger partial charge in [0.15, 0.2) is 0 Å². The van der Waals surface area contributed by atoms with Crippen LogP contribution in [0.3, 0.4) is 0 Å². The summed E-state index contributed by atoms with van der Waals surface area (Å²) in [5, 5.41) is 11.0. The molecule has 2 aliphatic rings. The fraction of sp³-hybridized carbons (Fsp3) is 0.800. The Kier molecular flexibility index (Phi) is 4.43. The van der Waals surface area contributed by atoms with Gasteiger partial charge in [-0.15, -0.1) is 5.10 Å². The fourth-order valence-corrected chi connectivity index (χ4v) is 3.28. The normalized spacial score (nSPS) is 25.2. The van der Waals surface area contributed by atoms with Gasteiger partial charge in [0.2, 0.25) is 5.89 Å². The van der Waals surface area contributed by atoms with Gasteiger partial charge in [-0.05, 0) is 26.7 Å². The van der Waals surface area contributed by atoms with Crippen molar-refractivity contribution >= 4 is 12.0 Å². The molecule has 3 rings (SSSR count). The fourth-order valence-electron chi connectivity index (χ4n) is 3.28. The number of anilines is 1. The Morgan fingerprint density at radius 3 is 2.83 bits per heavy atom. The topological polar surface area (TPSA) is 83.7 Å². The van der Waals surface area contributed by atoms with Crippen molar-refractivity contribution in [2.24, 2.45) is 0 Å². The standard InChI is InChI=1S/C15H25N5O3/c1-11(2)16-13(21)19-7-8-22-15(9-19)5-4-6-20(10-15)14-18-17-12(3)23-14/h11H,4-10H2,1-3H3,(H,16,21)/t15-/m1/s1. The van der Waals surface area contributed by atoms with Crippen molar-refractivity contribution in [2.75, 3.05) is 37.7 Å². The largest absolute Gasteiger partial charge is 0.408 e. The number of rotatable bonds is 2. The predicted octanol–water partition coefficient (Wildman–Crippen LogP) is 1.17. The Morgan fingerprint density at radius 2 is 2.13 bits per heavy atom. The van der Waals surface area contributed by atoms with Crippen molar-refractivity contribution in [1.82, 2.24) is 20.4 Å². The highest BCUT2D eigenvalue weighted by molar-refractivity contribution is 5.74. The number of morpholine rings is 1. The van der Waals surface area contributed by atoms with Crippen molar-refractivity contribution in [2.45, 2.75) is 45.3 Å². The van der Waals surface area contributed by atoms with Gasteiger partial charge in [-0.25, -0.2) is 4.79 Å². The summed E-state index contributed by atoms with van der Waals surface area (Å²) in [6, 6.07) is 0.646. The maximum absolute atomic E-state index is 12.3. The summed E-state index contributed by atoms with van der Waals surface area (Å²) >= 11 is 0. The van der Waals surface area contributed by atoms with Crippen LogP contribution in [-0.2, 0) is 4.74 Å². The van der Waals surface area contributed by atoms with Crippen LogP contribution in [0.4, 0.5) is 10.8 Å². The van der Waals surface area contributed by atoms with E-state index in [9.17, 15) is 4.79 Å². The third-order valence-electron chi connectivity index (χ3n) is 4.27. The molecule has 0 aromatic carbocycles. The van der Waals surface area contributed by atoms with E-state index in [-0.39, 0.29) is 17.7 Å². The molecule has 23 heavy (non-hydrogen) atoms. The molecule has 0 radical (unpaired) electrons. The molecule has 8 nitrogen and oxygen atoms in total. The van der Waals surface area contributed by atoms with Gasteiger partial charge in [0.05, 0.1) is 19.7 Å². The average Bonchev–Trinajstić information content (AvgIpc) is 2.93. The number of hydrogen-bond donors (Lipinski definition) is 1. The van der Waals surface area contributed by atoms with Crippen LogP contribution in [0.25, 0.3) is 0 Å². The molecule has 2 saturated heterocycles. The Balaban J connectivity index is 1.69. The van der Waals surface area contributed by atoms with Gasteiger partial charge in [-0.1, -0.05) is 5.10 Å². The molecule has 1 atom stereocenters. The van der Waals surface area contributed by atoms with E-state index >= 15 is 0 Å². The first-order chi connectivity index (χ1) is 11.0. The number of carbonyl (C=O) groups is 1. The second kappa shape index (κ2) is 6.35. The number of ether oxygens (including phenoxy) is 1. The Bertz CT molecular complexity index is 557. The number of carbonyl (C=O) groups excluding carboxylic acids is 1. The zero-order valence-electron chi connectivity index (χ0n) is 14.0. The van der Waals surface area contributed by atoms with E-state index in [0.717, 1.165) is 19.4 Å². The van der Waals surface area contributed by atoms with Gasteiger partial charge in [0.25, 0.3) is 0 Å². The molecule has 1 aromatic heterocycles. The highest BCUT2D eigenvalue weighted by Gasteiger charge is 2.42. The third-order valence-corrected chi connectivity index (χ3v) is 4.27. The molecule has 0 saturated carbocycles.